The van der Waals surface area contributed by atoms with Crippen LogP contribution >= 0.6 is 15.9 Å². The second-order valence-corrected chi connectivity index (χ2v) is 4.75. The number of halogens is 2. The quantitative estimate of drug-likeness (QED) is 0.321. The minimum Gasteiger partial charge on any atom is -0.409 e. The number of rotatable bonds is 6. The van der Waals surface area contributed by atoms with Gasteiger partial charge in [0.2, 0.25) is 0 Å². The number of nitrogens with two attached hydrogens (primary N) is 1. The molecule has 19 heavy (non-hydrogen) atoms. The van der Waals surface area contributed by atoms with Gasteiger partial charge in [-0.25, -0.2) is 4.39 Å². The highest BCUT2D eigenvalue weighted by molar-refractivity contribution is 9.10. The van der Waals surface area contributed by atoms with E-state index in [9.17, 15) is 4.39 Å². The standard InChI is InChI=1S/C12H17BrFN3O2/c1-2-5-17(6-7-18)9-4-3-8(12(15)16-19)10(13)11(9)14/h3-4,18-19H,2,5-7H2,1H3,(H2,15,16). The molecule has 0 radical (unpaired) electrons. The van der Waals surface area contributed by atoms with Crippen molar-refractivity contribution in [2.45, 2.75) is 13.3 Å². The molecular weight excluding hydrogens is 317 g/mol. The van der Waals surface area contributed by atoms with E-state index in [0.29, 0.717) is 18.8 Å². The second-order valence-electron chi connectivity index (χ2n) is 3.96. The lowest BCUT2D eigenvalue weighted by Crippen LogP contribution is -2.28. The molecule has 7 heteroatoms. The van der Waals surface area contributed by atoms with Gasteiger partial charge in [-0.2, -0.15) is 0 Å². The summed E-state index contributed by atoms with van der Waals surface area (Å²) in [5, 5.41) is 20.5. The van der Waals surface area contributed by atoms with Gasteiger partial charge in [0.15, 0.2) is 11.7 Å². The first-order chi connectivity index (χ1) is 9.06. The van der Waals surface area contributed by atoms with Gasteiger partial charge in [-0.3, -0.25) is 0 Å². The van der Waals surface area contributed by atoms with E-state index in [1.54, 1.807) is 17.0 Å². The molecule has 0 amide bonds. The van der Waals surface area contributed by atoms with Gasteiger partial charge >= 0.3 is 0 Å². The zero-order chi connectivity index (χ0) is 14.4. The van der Waals surface area contributed by atoms with Gasteiger partial charge in [-0.05, 0) is 34.5 Å². The van der Waals surface area contributed by atoms with Crippen LogP contribution in [0.15, 0.2) is 21.8 Å². The number of hydrogen-bond donors (Lipinski definition) is 3. The second kappa shape index (κ2) is 7.30. The number of amidine groups is 1. The molecule has 0 fully saturated rings. The van der Waals surface area contributed by atoms with Crippen LogP contribution in [0.25, 0.3) is 0 Å². The topological polar surface area (TPSA) is 82.1 Å². The highest BCUT2D eigenvalue weighted by atomic mass is 79.9. The highest BCUT2D eigenvalue weighted by Gasteiger charge is 2.17. The zero-order valence-electron chi connectivity index (χ0n) is 10.6. The molecule has 0 spiro atoms. The van der Waals surface area contributed by atoms with Crippen LogP contribution in [0.3, 0.4) is 0 Å². The Morgan fingerprint density at radius 1 is 1.47 bits per heavy atom. The summed E-state index contributed by atoms with van der Waals surface area (Å²) in [6.45, 7) is 2.90. The first-order valence-electron chi connectivity index (χ1n) is 5.88. The van der Waals surface area contributed by atoms with Crippen LogP contribution in [0.5, 0.6) is 0 Å². The molecule has 0 saturated heterocycles. The normalized spacial score (nSPS) is 11.7. The third kappa shape index (κ3) is 3.57. The maximum absolute atomic E-state index is 14.3. The van der Waals surface area contributed by atoms with Crippen LogP contribution < -0.4 is 10.6 Å². The van der Waals surface area contributed by atoms with Crippen molar-refractivity contribution in [3.8, 4) is 0 Å². The van der Waals surface area contributed by atoms with Crippen molar-refractivity contribution in [1.29, 1.82) is 0 Å². The number of anilines is 1. The molecule has 0 heterocycles. The molecule has 0 unspecified atom stereocenters. The minimum absolute atomic E-state index is 0.0565. The molecule has 0 aliphatic carbocycles. The third-order valence-corrected chi connectivity index (χ3v) is 3.43. The summed E-state index contributed by atoms with van der Waals surface area (Å²) in [7, 11) is 0. The predicted octanol–water partition coefficient (Wildman–Crippen LogP) is 1.89. The Morgan fingerprint density at radius 3 is 2.68 bits per heavy atom. The molecular formula is C12H17BrFN3O2. The van der Waals surface area contributed by atoms with Crippen molar-refractivity contribution in [2.75, 3.05) is 24.6 Å². The molecule has 1 aromatic rings. The van der Waals surface area contributed by atoms with Crippen LogP contribution in [0.2, 0.25) is 0 Å². The summed E-state index contributed by atoms with van der Waals surface area (Å²) in [6, 6.07) is 3.12. The van der Waals surface area contributed by atoms with Gasteiger partial charge in [0.25, 0.3) is 0 Å². The van der Waals surface area contributed by atoms with Gasteiger partial charge in [0.1, 0.15) is 0 Å². The molecule has 1 rings (SSSR count). The summed E-state index contributed by atoms with van der Waals surface area (Å²) in [6.07, 6.45) is 0.832. The van der Waals surface area contributed by atoms with E-state index in [0.717, 1.165) is 6.42 Å². The molecule has 1 aromatic carbocycles. The number of aliphatic hydroxyl groups is 1. The van der Waals surface area contributed by atoms with Crippen molar-refractivity contribution in [3.63, 3.8) is 0 Å². The van der Waals surface area contributed by atoms with Gasteiger partial charge < -0.3 is 20.9 Å². The number of oxime groups is 1. The average molecular weight is 334 g/mol. The first kappa shape index (κ1) is 15.7. The summed E-state index contributed by atoms with van der Waals surface area (Å²) in [5.41, 5.74) is 6.11. The molecule has 106 valence electrons. The Balaban J connectivity index is 3.20. The van der Waals surface area contributed by atoms with Gasteiger partial charge in [0.05, 0.1) is 16.8 Å². The van der Waals surface area contributed by atoms with E-state index in [1.807, 2.05) is 6.92 Å². The summed E-state index contributed by atoms with van der Waals surface area (Å²) >= 11 is 3.11. The average Bonchev–Trinajstić information content (AvgIpc) is 2.41. The lowest BCUT2D eigenvalue weighted by atomic mass is 10.1. The van der Waals surface area contributed by atoms with E-state index < -0.39 is 5.82 Å². The first-order valence-corrected chi connectivity index (χ1v) is 6.67. The Hall–Kier alpha value is -1.34. The van der Waals surface area contributed by atoms with Gasteiger partial charge in [0, 0.05) is 18.7 Å². The van der Waals surface area contributed by atoms with Crippen molar-refractivity contribution >= 4 is 27.5 Å². The Morgan fingerprint density at radius 2 is 2.16 bits per heavy atom. The zero-order valence-corrected chi connectivity index (χ0v) is 12.2. The maximum atomic E-state index is 14.3. The Bertz CT molecular complexity index is 463. The number of hydrogen-bond acceptors (Lipinski definition) is 4. The predicted molar refractivity (Wildman–Crippen MR) is 76.2 cm³/mol. The number of aliphatic hydroxyl groups excluding tert-OH is 1. The van der Waals surface area contributed by atoms with E-state index in [4.69, 9.17) is 16.0 Å². The number of benzene rings is 1. The van der Waals surface area contributed by atoms with Crippen LogP contribution in [-0.4, -0.2) is 35.8 Å². The fraction of sp³-hybridized carbons (Fsp3) is 0.417. The fourth-order valence-corrected chi connectivity index (χ4v) is 2.32. The van der Waals surface area contributed by atoms with Crippen LogP contribution in [0.1, 0.15) is 18.9 Å². The number of nitrogens with zero attached hydrogens (tertiary/aromatic N) is 2. The smallest absolute Gasteiger partial charge is 0.171 e. The van der Waals surface area contributed by atoms with E-state index in [2.05, 4.69) is 21.1 Å². The summed E-state index contributed by atoms with van der Waals surface area (Å²) < 4.78 is 14.4. The third-order valence-electron chi connectivity index (χ3n) is 2.65. The molecule has 5 nitrogen and oxygen atoms in total. The van der Waals surface area contributed by atoms with E-state index in [1.165, 1.54) is 0 Å². The molecule has 0 aliphatic rings. The molecule has 0 bridgehead atoms. The van der Waals surface area contributed by atoms with Crippen LogP contribution in [0.4, 0.5) is 10.1 Å². The Labute approximate surface area is 119 Å². The molecule has 0 aliphatic heterocycles. The summed E-state index contributed by atoms with van der Waals surface area (Å²) in [5.74, 6) is -0.660. The molecule has 0 aromatic heterocycles. The van der Waals surface area contributed by atoms with Crippen molar-refractivity contribution in [1.82, 2.24) is 0 Å². The Kier molecular flexibility index (Phi) is 6.04. The van der Waals surface area contributed by atoms with Gasteiger partial charge in [-0.15, -0.1) is 0 Å². The van der Waals surface area contributed by atoms with Crippen molar-refractivity contribution in [3.05, 3.63) is 28.0 Å². The monoisotopic (exact) mass is 333 g/mol. The van der Waals surface area contributed by atoms with Crippen molar-refractivity contribution in [2.24, 2.45) is 10.9 Å². The lowest BCUT2D eigenvalue weighted by Gasteiger charge is -2.24. The largest absolute Gasteiger partial charge is 0.409 e. The van der Waals surface area contributed by atoms with Gasteiger partial charge in [-0.1, -0.05) is 12.1 Å². The lowest BCUT2D eigenvalue weighted by molar-refractivity contribution is 0.301. The van der Waals surface area contributed by atoms with Crippen LogP contribution in [0, 0.1) is 5.82 Å². The SMILES string of the molecule is CCCN(CCO)c1ccc(/C(N)=N/O)c(Br)c1F. The van der Waals surface area contributed by atoms with Crippen LogP contribution in [-0.2, 0) is 0 Å². The van der Waals surface area contributed by atoms with E-state index >= 15 is 0 Å². The minimum atomic E-state index is -0.494. The molecule has 0 saturated carbocycles. The highest BCUT2D eigenvalue weighted by Crippen LogP contribution is 2.29. The summed E-state index contributed by atoms with van der Waals surface area (Å²) in [4.78, 5) is 1.75. The van der Waals surface area contributed by atoms with Crippen molar-refractivity contribution < 1.29 is 14.7 Å². The fourth-order valence-electron chi connectivity index (χ4n) is 1.78. The molecule has 0 atom stereocenters. The maximum Gasteiger partial charge on any atom is 0.171 e. The van der Waals surface area contributed by atoms with E-state index in [-0.39, 0.29) is 22.5 Å². The molecule has 4 N–H and O–H groups in total.